The highest BCUT2D eigenvalue weighted by Crippen LogP contribution is 2.29. The molecule has 0 spiro atoms. The van der Waals surface area contributed by atoms with Gasteiger partial charge in [0.15, 0.2) is 0 Å². The first-order valence-electron chi connectivity index (χ1n) is 8.15. The smallest absolute Gasteiger partial charge is 0.333 e. The van der Waals surface area contributed by atoms with E-state index in [2.05, 4.69) is 19.9 Å². The highest BCUT2D eigenvalue weighted by Gasteiger charge is 2.17. The molecule has 3 heteroatoms. The summed E-state index contributed by atoms with van der Waals surface area (Å²) in [4.78, 5) is 11.8. The number of hydrogen-bond donors (Lipinski definition) is 0. The van der Waals surface area contributed by atoms with Crippen LogP contribution in [0.4, 0.5) is 0 Å². The van der Waals surface area contributed by atoms with E-state index in [1.54, 1.807) is 19.3 Å². The van der Waals surface area contributed by atoms with E-state index in [1.165, 1.54) is 16.7 Å². The molecule has 0 saturated heterocycles. The second-order valence-corrected chi connectivity index (χ2v) is 6.22. The molecule has 0 saturated carbocycles. The third kappa shape index (κ3) is 4.04. The molecule has 0 radical (unpaired) electrons. The van der Waals surface area contributed by atoms with Gasteiger partial charge in [0.25, 0.3) is 0 Å². The lowest BCUT2D eigenvalue weighted by Crippen LogP contribution is -2.08. The lowest BCUT2D eigenvalue weighted by molar-refractivity contribution is -0.140. The molecule has 1 aliphatic rings. The molecule has 3 nitrogen and oxygen atoms in total. The van der Waals surface area contributed by atoms with E-state index in [0.717, 1.165) is 36.1 Å². The van der Waals surface area contributed by atoms with E-state index in [-0.39, 0.29) is 12.6 Å². The Bertz CT molecular complexity index is 684. The minimum Gasteiger partial charge on any atom is -0.468 e. The highest BCUT2D eigenvalue weighted by molar-refractivity contribution is 5.87. The van der Waals surface area contributed by atoms with Gasteiger partial charge in [0.1, 0.15) is 12.4 Å². The highest BCUT2D eigenvalue weighted by atomic mass is 16.5. The van der Waals surface area contributed by atoms with E-state index in [4.69, 9.17) is 9.15 Å². The number of furan rings is 1. The van der Waals surface area contributed by atoms with Crippen LogP contribution in [0.5, 0.6) is 0 Å². The van der Waals surface area contributed by atoms with Crippen LogP contribution in [0.3, 0.4) is 0 Å². The first-order valence-corrected chi connectivity index (χ1v) is 8.15. The Kier molecular flexibility index (Phi) is 5.64. The van der Waals surface area contributed by atoms with Gasteiger partial charge >= 0.3 is 5.97 Å². The number of allylic oxidation sites excluding steroid dienone is 5. The van der Waals surface area contributed by atoms with Crippen LogP contribution < -0.4 is 0 Å². The van der Waals surface area contributed by atoms with Crippen molar-refractivity contribution in [2.24, 2.45) is 0 Å². The van der Waals surface area contributed by atoms with Crippen molar-refractivity contribution in [3.8, 4) is 0 Å². The largest absolute Gasteiger partial charge is 0.468 e. The third-order valence-corrected chi connectivity index (χ3v) is 4.68. The van der Waals surface area contributed by atoms with Crippen LogP contribution in [0, 0.1) is 6.92 Å². The number of carbonyl (C=O) groups excluding carboxylic acids is 1. The van der Waals surface area contributed by atoms with Gasteiger partial charge in [0.2, 0.25) is 0 Å². The number of ether oxygens (including phenoxy) is 1. The second kappa shape index (κ2) is 7.49. The molecule has 0 N–H and O–H groups in total. The molecule has 0 atom stereocenters. The maximum atomic E-state index is 11.8. The van der Waals surface area contributed by atoms with Gasteiger partial charge in [-0.2, -0.15) is 0 Å². The number of aryl methyl sites for hydroxylation is 1. The Labute approximate surface area is 138 Å². The van der Waals surface area contributed by atoms with Crippen LogP contribution in [0.15, 0.2) is 45.1 Å². The summed E-state index contributed by atoms with van der Waals surface area (Å²) in [6, 6.07) is 0. The van der Waals surface area contributed by atoms with Crippen molar-refractivity contribution in [2.75, 3.05) is 0 Å². The van der Waals surface area contributed by atoms with Gasteiger partial charge in [-0.25, -0.2) is 4.79 Å². The molecule has 0 aromatic carbocycles. The number of esters is 1. The molecule has 0 bridgehead atoms. The normalized spacial score (nSPS) is 15.7. The quantitative estimate of drug-likeness (QED) is 0.554. The zero-order valence-corrected chi connectivity index (χ0v) is 14.8. The number of carbonyl (C=O) groups is 1. The van der Waals surface area contributed by atoms with Gasteiger partial charge in [-0.15, -0.1) is 0 Å². The predicted molar refractivity (Wildman–Crippen MR) is 92.1 cm³/mol. The van der Waals surface area contributed by atoms with Crippen LogP contribution in [0.1, 0.15) is 57.4 Å². The zero-order chi connectivity index (χ0) is 17.0. The molecule has 0 fully saturated rings. The Balaban J connectivity index is 2.13. The van der Waals surface area contributed by atoms with Gasteiger partial charge < -0.3 is 9.15 Å². The number of rotatable bonds is 5. The molecule has 1 aromatic heterocycles. The lowest BCUT2D eigenvalue weighted by atomic mass is 9.90. The average molecular weight is 314 g/mol. The van der Waals surface area contributed by atoms with Gasteiger partial charge in [-0.3, -0.25) is 0 Å². The summed E-state index contributed by atoms with van der Waals surface area (Å²) in [5.74, 6) is 0.622. The summed E-state index contributed by atoms with van der Waals surface area (Å²) in [5.41, 5.74) is 6.76. The van der Waals surface area contributed by atoms with Crippen molar-refractivity contribution >= 4 is 5.97 Å². The summed E-state index contributed by atoms with van der Waals surface area (Å²) < 4.78 is 11.1. The van der Waals surface area contributed by atoms with E-state index >= 15 is 0 Å². The zero-order valence-electron chi connectivity index (χ0n) is 14.8. The van der Waals surface area contributed by atoms with Crippen LogP contribution in [0.25, 0.3) is 0 Å². The SMILES string of the molecule is C/C=C(/C)C(=O)OCc1c(C)coc1CC1=CCCC(C)=C1C. The Morgan fingerprint density at radius 2 is 2.09 bits per heavy atom. The van der Waals surface area contributed by atoms with Crippen molar-refractivity contribution in [3.63, 3.8) is 0 Å². The van der Waals surface area contributed by atoms with E-state index < -0.39 is 0 Å². The summed E-state index contributed by atoms with van der Waals surface area (Å²) >= 11 is 0. The Morgan fingerprint density at radius 1 is 1.35 bits per heavy atom. The topological polar surface area (TPSA) is 39.4 Å². The molecular weight excluding hydrogens is 288 g/mol. The predicted octanol–water partition coefficient (Wildman–Crippen LogP) is 5.20. The van der Waals surface area contributed by atoms with Crippen LogP contribution in [-0.2, 0) is 22.6 Å². The van der Waals surface area contributed by atoms with Gasteiger partial charge in [0.05, 0.1) is 6.26 Å². The van der Waals surface area contributed by atoms with Gasteiger partial charge in [-0.1, -0.05) is 17.7 Å². The molecule has 0 aliphatic heterocycles. The fourth-order valence-corrected chi connectivity index (χ4v) is 2.69. The molecule has 124 valence electrons. The van der Waals surface area contributed by atoms with Crippen molar-refractivity contribution in [2.45, 2.75) is 60.5 Å². The molecule has 23 heavy (non-hydrogen) atoms. The summed E-state index contributed by atoms with van der Waals surface area (Å²) in [5, 5.41) is 0. The molecule has 0 unspecified atom stereocenters. The van der Waals surface area contributed by atoms with Crippen molar-refractivity contribution < 1.29 is 13.9 Å². The van der Waals surface area contributed by atoms with Crippen LogP contribution in [0.2, 0.25) is 0 Å². The summed E-state index contributed by atoms with van der Waals surface area (Å²) in [7, 11) is 0. The standard InChI is InChI=1S/C20H26O3/c1-6-13(2)20(21)23-12-18-15(4)11-22-19(18)10-17-9-7-8-14(3)16(17)5/h6,9,11H,7-8,10,12H2,1-5H3/b13-6-. The fourth-order valence-electron chi connectivity index (χ4n) is 2.69. The van der Waals surface area contributed by atoms with Crippen molar-refractivity contribution in [3.05, 3.63) is 57.6 Å². The van der Waals surface area contributed by atoms with E-state index in [1.807, 2.05) is 13.8 Å². The van der Waals surface area contributed by atoms with E-state index in [0.29, 0.717) is 5.57 Å². The molecule has 0 amide bonds. The van der Waals surface area contributed by atoms with Crippen molar-refractivity contribution in [1.82, 2.24) is 0 Å². The van der Waals surface area contributed by atoms with Gasteiger partial charge in [-0.05, 0) is 64.2 Å². The minimum atomic E-state index is -0.275. The number of hydrogen-bond acceptors (Lipinski definition) is 3. The van der Waals surface area contributed by atoms with Gasteiger partial charge in [0, 0.05) is 17.6 Å². The maximum absolute atomic E-state index is 11.8. The lowest BCUT2D eigenvalue weighted by Gasteiger charge is -2.17. The molecule has 1 aliphatic carbocycles. The van der Waals surface area contributed by atoms with E-state index in [9.17, 15) is 4.79 Å². The summed E-state index contributed by atoms with van der Waals surface area (Å²) in [6.07, 6.45) is 8.78. The molecule has 1 aromatic rings. The second-order valence-electron chi connectivity index (χ2n) is 6.22. The maximum Gasteiger partial charge on any atom is 0.333 e. The monoisotopic (exact) mass is 314 g/mol. The third-order valence-electron chi connectivity index (χ3n) is 4.68. The molecular formula is C20H26O3. The Hall–Kier alpha value is -2.03. The Morgan fingerprint density at radius 3 is 2.78 bits per heavy atom. The molecule has 2 rings (SSSR count). The fraction of sp³-hybridized carbons (Fsp3) is 0.450. The first-order chi connectivity index (χ1) is 10.9. The first kappa shape index (κ1) is 17.3. The van der Waals surface area contributed by atoms with Crippen LogP contribution in [-0.4, -0.2) is 5.97 Å². The van der Waals surface area contributed by atoms with Crippen molar-refractivity contribution in [1.29, 1.82) is 0 Å². The minimum absolute atomic E-state index is 0.261. The molecule has 1 heterocycles. The summed E-state index contributed by atoms with van der Waals surface area (Å²) in [6.45, 7) is 10.2. The average Bonchev–Trinajstić information content (AvgIpc) is 2.88. The van der Waals surface area contributed by atoms with Crippen LogP contribution >= 0.6 is 0 Å².